The second kappa shape index (κ2) is 5.18. The topological polar surface area (TPSA) is 80.7 Å². The third-order valence-electron chi connectivity index (χ3n) is 1.53. The number of carboxylic acid groups (broad SMARTS) is 1. The summed E-state index contributed by atoms with van der Waals surface area (Å²) in [6, 6.07) is 0. The Hall–Kier alpha value is -0.620. The van der Waals surface area contributed by atoms with Gasteiger partial charge in [0.2, 0.25) is 0 Å². The second-order valence-corrected chi connectivity index (χ2v) is 4.58. The molecule has 0 amide bonds. The minimum atomic E-state index is -3.93. The Labute approximate surface area is 77.8 Å². The SMILES string of the molecule is CCCCOS(=O)(=O)C(C)C(=O)O. The average molecular weight is 210 g/mol. The number of aliphatic carboxylic acids is 1. The monoisotopic (exact) mass is 210 g/mol. The normalized spacial score (nSPS) is 14.0. The van der Waals surface area contributed by atoms with E-state index in [1.54, 1.807) is 0 Å². The minimum absolute atomic E-state index is 0.0520. The summed E-state index contributed by atoms with van der Waals surface area (Å²) in [6.45, 7) is 3.02. The van der Waals surface area contributed by atoms with Crippen LogP contribution in [0.5, 0.6) is 0 Å². The van der Waals surface area contributed by atoms with Crippen molar-refractivity contribution in [3.63, 3.8) is 0 Å². The van der Waals surface area contributed by atoms with E-state index in [-0.39, 0.29) is 6.61 Å². The van der Waals surface area contributed by atoms with Crippen molar-refractivity contribution >= 4 is 16.1 Å². The molecule has 0 aliphatic heterocycles. The molecule has 0 aromatic heterocycles. The maximum Gasteiger partial charge on any atom is 0.324 e. The van der Waals surface area contributed by atoms with Gasteiger partial charge in [-0.15, -0.1) is 0 Å². The minimum Gasteiger partial charge on any atom is -0.480 e. The second-order valence-electron chi connectivity index (χ2n) is 2.65. The molecule has 0 rings (SSSR count). The van der Waals surface area contributed by atoms with Crippen LogP contribution in [-0.2, 0) is 19.1 Å². The summed E-state index contributed by atoms with van der Waals surface area (Å²) in [5.41, 5.74) is 0. The zero-order chi connectivity index (χ0) is 10.5. The summed E-state index contributed by atoms with van der Waals surface area (Å²) in [5, 5.41) is 6.92. The zero-order valence-corrected chi connectivity index (χ0v) is 8.50. The first kappa shape index (κ1) is 12.4. The number of carboxylic acids is 1. The molecule has 5 nitrogen and oxygen atoms in total. The van der Waals surface area contributed by atoms with Gasteiger partial charge in [0.05, 0.1) is 6.61 Å². The fraction of sp³-hybridized carbons (Fsp3) is 0.857. The molecule has 0 fully saturated rings. The molecule has 0 bridgehead atoms. The molecule has 0 aromatic carbocycles. The largest absolute Gasteiger partial charge is 0.480 e. The van der Waals surface area contributed by atoms with Crippen LogP contribution < -0.4 is 0 Å². The smallest absolute Gasteiger partial charge is 0.324 e. The lowest BCUT2D eigenvalue weighted by Crippen LogP contribution is -2.28. The molecule has 0 saturated carbocycles. The van der Waals surface area contributed by atoms with Gasteiger partial charge in [0, 0.05) is 0 Å². The molecule has 0 heterocycles. The van der Waals surface area contributed by atoms with E-state index in [1.807, 2.05) is 6.92 Å². The molecular formula is C7H14O5S. The fourth-order valence-corrected chi connectivity index (χ4v) is 1.35. The van der Waals surface area contributed by atoms with Crippen LogP contribution in [0.1, 0.15) is 26.7 Å². The van der Waals surface area contributed by atoms with E-state index in [0.717, 1.165) is 13.3 Å². The predicted molar refractivity (Wildman–Crippen MR) is 46.9 cm³/mol. The van der Waals surface area contributed by atoms with Crippen molar-refractivity contribution in [2.24, 2.45) is 0 Å². The number of unbranched alkanes of at least 4 members (excludes halogenated alkanes) is 1. The highest BCUT2D eigenvalue weighted by molar-refractivity contribution is 7.88. The van der Waals surface area contributed by atoms with Crippen molar-refractivity contribution in [3.05, 3.63) is 0 Å². The lowest BCUT2D eigenvalue weighted by Gasteiger charge is -2.07. The average Bonchev–Trinajstić information content (AvgIpc) is 2.03. The first-order valence-corrected chi connectivity index (χ1v) is 5.50. The lowest BCUT2D eigenvalue weighted by molar-refractivity contribution is -0.136. The fourth-order valence-electron chi connectivity index (χ4n) is 0.545. The van der Waals surface area contributed by atoms with Crippen LogP contribution >= 0.6 is 0 Å². The summed E-state index contributed by atoms with van der Waals surface area (Å²) in [6.07, 6.45) is 1.41. The molecule has 0 saturated heterocycles. The molecule has 0 spiro atoms. The Balaban J connectivity index is 4.16. The first-order chi connectivity index (χ1) is 5.91. The molecule has 0 aromatic rings. The highest BCUT2D eigenvalue weighted by Gasteiger charge is 2.28. The molecule has 0 aliphatic carbocycles. The summed E-state index contributed by atoms with van der Waals surface area (Å²) in [5.74, 6) is -1.39. The van der Waals surface area contributed by atoms with E-state index in [2.05, 4.69) is 4.18 Å². The van der Waals surface area contributed by atoms with Gasteiger partial charge in [-0.05, 0) is 13.3 Å². The molecule has 6 heteroatoms. The van der Waals surface area contributed by atoms with Crippen LogP contribution in [0.3, 0.4) is 0 Å². The number of hydrogen-bond donors (Lipinski definition) is 1. The number of hydrogen-bond acceptors (Lipinski definition) is 4. The summed E-state index contributed by atoms with van der Waals surface area (Å²) in [4.78, 5) is 10.3. The predicted octanol–water partition coefficient (Wildman–Crippen LogP) is 0.606. The van der Waals surface area contributed by atoms with Crippen LogP contribution in [0.4, 0.5) is 0 Å². The van der Waals surface area contributed by atoms with Gasteiger partial charge in [-0.2, -0.15) is 8.42 Å². The van der Waals surface area contributed by atoms with Gasteiger partial charge in [-0.1, -0.05) is 13.3 Å². The first-order valence-electron chi connectivity index (χ1n) is 4.03. The molecule has 1 N–H and O–H groups in total. The lowest BCUT2D eigenvalue weighted by atomic mass is 10.4. The summed E-state index contributed by atoms with van der Waals surface area (Å²) >= 11 is 0. The Kier molecular flexibility index (Phi) is 4.94. The highest BCUT2D eigenvalue weighted by atomic mass is 32.2. The standard InChI is InChI=1S/C7H14O5S/c1-3-4-5-12-13(10,11)6(2)7(8)9/h6H,3-5H2,1-2H3,(H,8,9). The van der Waals surface area contributed by atoms with E-state index < -0.39 is 21.3 Å². The van der Waals surface area contributed by atoms with Crippen LogP contribution in [0.2, 0.25) is 0 Å². The van der Waals surface area contributed by atoms with Crippen molar-refractivity contribution in [2.75, 3.05) is 6.61 Å². The number of rotatable bonds is 6. The van der Waals surface area contributed by atoms with Gasteiger partial charge in [-0.25, -0.2) is 0 Å². The Morgan fingerprint density at radius 1 is 1.54 bits per heavy atom. The van der Waals surface area contributed by atoms with Gasteiger partial charge in [0.25, 0.3) is 10.1 Å². The van der Waals surface area contributed by atoms with Crippen LogP contribution in [0, 0.1) is 0 Å². The van der Waals surface area contributed by atoms with Crippen LogP contribution in [0.25, 0.3) is 0 Å². The van der Waals surface area contributed by atoms with E-state index >= 15 is 0 Å². The van der Waals surface area contributed by atoms with E-state index in [9.17, 15) is 13.2 Å². The van der Waals surface area contributed by atoms with Gasteiger partial charge in [-0.3, -0.25) is 8.98 Å². The Bertz CT molecular complexity index is 256. The van der Waals surface area contributed by atoms with Crippen molar-refractivity contribution in [1.29, 1.82) is 0 Å². The molecule has 0 radical (unpaired) electrons. The van der Waals surface area contributed by atoms with Crippen molar-refractivity contribution in [3.8, 4) is 0 Å². The number of carbonyl (C=O) groups is 1. The third kappa shape index (κ3) is 4.23. The molecule has 78 valence electrons. The van der Waals surface area contributed by atoms with E-state index in [1.165, 1.54) is 0 Å². The molecular weight excluding hydrogens is 196 g/mol. The van der Waals surface area contributed by atoms with Crippen LogP contribution in [0.15, 0.2) is 0 Å². The van der Waals surface area contributed by atoms with Crippen molar-refractivity contribution in [1.82, 2.24) is 0 Å². The van der Waals surface area contributed by atoms with Gasteiger partial charge in [0.1, 0.15) is 0 Å². The van der Waals surface area contributed by atoms with E-state index in [4.69, 9.17) is 5.11 Å². The summed E-state index contributed by atoms with van der Waals surface area (Å²) < 4.78 is 26.6. The third-order valence-corrected chi connectivity index (χ3v) is 3.09. The van der Waals surface area contributed by atoms with Crippen molar-refractivity contribution < 1.29 is 22.5 Å². The maximum atomic E-state index is 11.0. The van der Waals surface area contributed by atoms with Crippen molar-refractivity contribution in [2.45, 2.75) is 31.9 Å². The van der Waals surface area contributed by atoms with Crippen LogP contribution in [-0.4, -0.2) is 31.4 Å². The van der Waals surface area contributed by atoms with Gasteiger partial charge in [0.15, 0.2) is 5.25 Å². The molecule has 1 atom stereocenters. The quantitative estimate of drug-likeness (QED) is 0.513. The Morgan fingerprint density at radius 3 is 2.46 bits per heavy atom. The molecule has 1 unspecified atom stereocenters. The zero-order valence-electron chi connectivity index (χ0n) is 7.69. The molecule has 13 heavy (non-hydrogen) atoms. The van der Waals surface area contributed by atoms with Gasteiger partial charge >= 0.3 is 5.97 Å². The Morgan fingerprint density at radius 2 is 2.08 bits per heavy atom. The highest BCUT2D eigenvalue weighted by Crippen LogP contribution is 2.05. The van der Waals surface area contributed by atoms with Gasteiger partial charge < -0.3 is 5.11 Å². The summed E-state index contributed by atoms with van der Waals surface area (Å²) in [7, 11) is -3.93. The maximum absolute atomic E-state index is 11.0. The molecule has 0 aliphatic rings. The van der Waals surface area contributed by atoms with E-state index in [0.29, 0.717) is 6.42 Å².